The molecule has 0 radical (unpaired) electrons. The van der Waals surface area contributed by atoms with Gasteiger partial charge in [0.25, 0.3) is 0 Å². The summed E-state index contributed by atoms with van der Waals surface area (Å²) in [5, 5.41) is 6.41. The van der Waals surface area contributed by atoms with E-state index >= 15 is 0 Å². The zero-order valence-corrected chi connectivity index (χ0v) is 18.6. The van der Waals surface area contributed by atoms with Crippen LogP contribution in [-0.2, 0) is 24.4 Å². The third-order valence-corrected chi connectivity index (χ3v) is 4.14. The van der Waals surface area contributed by atoms with E-state index < -0.39 is 12.8 Å². The van der Waals surface area contributed by atoms with Crippen molar-refractivity contribution in [3.05, 3.63) is 59.2 Å². The minimum atomic E-state index is -4.31. The number of alkyl halides is 3. The molecule has 0 aliphatic carbocycles. The van der Waals surface area contributed by atoms with Crippen molar-refractivity contribution in [1.82, 2.24) is 10.6 Å². The summed E-state index contributed by atoms with van der Waals surface area (Å²) >= 11 is 0. The third kappa shape index (κ3) is 7.56. The first kappa shape index (κ1) is 24.1. The normalized spacial score (nSPS) is 13.0. The van der Waals surface area contributed by atoms with E-state index in [4.69, 9.17) is 9.47 Å². The molecule has 0 unspecified atom stereocenters. The Bertz CT molecular complexity index is 845. The summed E-state index contributed by atoms with van der Waals surface area (Å²) in [7, 11) is 1.68. The van der Waals surface area contributed by atoms with Crippen molar-refractivity contribution in [3.8, 4) is 11.5 Å². The molecule has 0 saturated carbocycles. The fourth-order valence-corrected chi connectivity index (χ4v) is 2.68. The number of aliphatic imine (C=N–C) groups is 1. The number of ether oxygens (including phenoxy) is 3. The second-order valence-electron chi connectivity index (χ2n) is 6.39. The topological polar surface area (TPSA) is 64.1 Å². The van der Waals surface area contributed by atoms with Crippen LogP contribution in [0.15, 0.2) is 47.5 Å². The first-order valence-electron chi connectivity index (χ1n) is 8.98. The molecule has 1 heterocycles. The van der Waals surface area contributed by atoms with Crippen LogP contribution in [0, 0.1) is 0 Å². The van der Waals surface area contributed by atoms with Gasteiger partial charge in [0.1, 0.15) is 6.61 Å². The van der Waals surface area contributed by atoms with Crippen molar-refractivity contribution in [3.63, 3.8) is 0 Å². The maximum atomic E-state index is 12.1. The Hall–Kier alpha value is -2.21. The van der Waals surface area contributed by atoms with Gasteiger partial charge in [-0.25, -0.2) is 0 Å². The Labute approximate surface area is 189 Å². The second-order valence-corrected chi connectivity index (χ2v) is 6.39. The summed E-state index contributed by atoms with van der Waals surface area (Å²) in [4.78, 5) is 4.18. The number of halogens is 4. The Morgan fingerprint density at radius 3 is 2.23 bits per heavy atom. The summed E-state index contributed by atoms with van der Waals surface area (Å²) in [6.07, 6.45) is -4.31. The molecule has 1 aliphatic rings. The highest BCUT2D eigenvalue weighted by Crippen LogP contribution is 2.32. The number of hydrogen-bond acceptors (Lipinski definition) is 4. The Morgan fingerprint density at radius 1 is 0.967 bits per heavy atom. The van der Waals surface area contributed by atoms with E-state index in [-0.39, 0.29) is 37.4 Å². The molecule has 1 aliphatic heterocycles. The molecule has 0 fully saturated rings. The highest BCUT2D eigenvalue weighted by molar-refractivity contribution is 14.0. The number of fused-ring (bicyclic) bond motifs is 1. The lowest BCUT2D eigenvalue weighted by atomic mass is 10.1. The Balaban J connectivity index is 0.00000320. The first-order valence-corrected chi connectivity index (χ1v) is 8.98. The van der Waals surface area contributed by atoms with Crippen LogP contribution >= 0.6 is 24.0 Å². The Kier molecular flexibility index (Phi) is 9.03. The zero-order valence-electron chi connectivity index (χ0n) is 16.3. The number of guanidine groups is 1. The van der Waals surface area contributed by atoms with E-state index in [0.717, 1.165) is 22.6 Å². The molecule has 0 bridgehead atoms. The van der Waals surface area contributed by atoms with E-state index in [1.165, 1.54) is 0 Å². The first-order chi connectivity index (χ1) is 13.9. The van der Waals surface area contributed by atoms with Gasteiger partial charge in [0.2, 0.25) is 6.79 Å². The molecule has 0 aromatic heterocycles. The van der Waals surface area contributed by atoms with E-state index in [1.807, 2.05) is 30.3 Å². The summed E-state index contributed by atoms with van der Waals surface area (Å²) in [5.74, 6) is 2.09. The van der Waals surface area contributed by atoms with Gasteiger partial charge in [-0.2, -0.15) is 13.2 Å². The summed E-state index contributed by atoms with van der Waals surface area (Å²) in [5.41, 5.74) is 2.68. The summed E-state index contributed by atoms with van der Waals surface area (Å²) in [6, 6.07) is 12.9. The third-order valence-electron chi connectivity index (χ3n) is 4.14. The van der Waals surface area contributed by atoms with Gasteiger partial charge in [-0.1, -0.05) is 30.3 Å². The van der Waals surface area contributed by atoms with Crippen LogP contribution < -0.4 is 20.1 Å². The van der Waals surface area contributed by atoms with Crippen LogP contribution in [0.3, 0.4) is 0 Å². The monoisotopic (exact) mass is 537 g/mol. The number of nitrogens with one attached hydrogen (secondary N) is 2. The van der Waals surface area contributed by atoms with Crippen LogP contribution in [-0.4, -0.2) is 32.6 Å². The molecule has 10 heteroatoms. The zero-order chi connectivity index (χ0) is 20.7. The number of rotatable bonds is 7. The minimum absolute atomic E-state index is 0. The largest absolute Gasteiger partial charge is 0.454 e. The van der Waals surface area contributed by atoms with E-state index in [0.29, 0.717) is 24.6 Å². The van der Waals surface area contributed by atoms with Crippen LogP contribution in [0.4, 0.5) is 13.2 Å². The van der Waals surface area contributed by atoms with Gasteiger partial charge < -0.3 is 24.8 Å². The average Bonchev–Trinajstić information content (AvgIpc) is 3.16. The smallest absolute Gasteiger partial charge is 0.411 e. The lowest BCUT2D eigenvalue weighted by Crippen LogP contribution is -2.36. The molecule has 0 atom stereocenters. The second kappa shape index (κ2) is 11.3. The molecular weight excluding hydrogens is 514 g/mol. The summed E-state index contributed by atoms with van der Waals surface area (Å²) in [6.45, 7) is -0.00732. The Morgan fingerprint density at radius 2 is 1.57 bits per heavy atom. The van der Waals surface area contributed by atoms with Gasteiger partial charge in [-0.05, 0) is 28.8 Å². The van der Waals surface area contributed by atoms with Gasteiger partial charge in [-0.3, -0.25) is 4.99 Å². The van der Waals surface area contributed by atoms with Crippen LogP contribution in [0.25, 0.3) is 0 Å². The van der Waals surface area contributed by atoms with Crippen LogP contribution in [0.1, 0.15) is 16.7 Å². The van der Waals surface area contributed by atoms with Gasteiger partial charge in [0.05, 0.1) is 6.61 Å². The van der Waals surface area contributed by atoms with Crippen molar-refractivity contribution >= 4 is 29.9 Å². The number of hydrogen-bond donors (Lipinski definition) is 2. The van der Waals surface area contributed by atoms with Crippen LogP contribution in [0.2, 0.25) is 0 Å². The molecule has 0 spiro atoms. The molecule has 2 N–H and O–H groups in total. The fraction of sp³-hybridized carbons (Fsp3) is 0.350. The van der Waals surface area contributed by atoms with Gasteiger partial charge in [-0.15, -0.1) is 24.0 Å². The molecule has 164 valence electrons. The van der Waals surface area contributed by atoms with E-state index in [2.05, 4.69) is 20.4 Å². The SMILES string of the molecule is CN=C(NCc1ccc(COCC(F)(F)F)cc1)NCc1ccc2c(c1)OCO2.I. The minimum Gasteiger partial charge on any atom is -0.454 e. The highest BCUT2D eigenvalue weighted by Gasteiger charge is 2.27. The van der Waals surface area contributed by atoms with Crippen molar-refractivity contribution in [1.29, 1.82) is 0 Å². The van der Waals surface area contributed by atoms with E-state index in [1.54, 1.807) is 19.2 Å². The van der Waals surface area contributed by atoms with Gasteiger partial charge in [0, 0.05) is 20.1 Å². The van der Waals surface area contributed by atoms with Crippen molar-refractivity contribution < 1.29 is 27.4 Å². The fourth-order valence-electron chi connectivity index (χ4n) is 2.68. The standard InChI is InChI=1S/C20H22F3N3O3.HI/c1-24-19(26-10-16-6-7-17-18(8-16)29-13-28-17)25-9-14-2-4-15(5-3-14)11-27-12-20(21,22)23;/h2-8H,9-13H2,1H3,(H2,24,25,26);1H. The lowest BCUT2D eigenvalue weighted by molar-refractivity contribution is -0.176. The predicted molar refractivity (Wildman–Crippen MR) is 117 cm³/mol. The molecular formula is C20H23F3IN3O3. The van der Waals surface area contributed by atoms with Gasteiger partial charge in [0.15, 0.2) is 17.5 Å². The van der Waals surface area contributed by atoms with Crippen LogP contribution in [0.5, 0.6) is 11.5 Å². The maximum Gasteiger partial charge on any atom is 0.411 e. The quantitative estimate of drug-likeness (QED) is 0.318. The summed E-state index contributed by atoms with van der Waals surface area (Å²) < 4.78 is 51.6. The number of nitrogens with zero attached hydrogens (tertiary/aromatic N) is 1. The predicted octanol–water partition coefficient (Wildman–Crippen LogP) is 3.98. The molecule has 3 rings (SSSR count). The molecule has 6 nitrogen and oxygen atoms in total. The van der Waals surface area contributed by atoms with E-state index in [9.17, 15) is 13.2 Å². The van der Waals surface area contributed by atoms with Crippen molar-refractivity contribution in [2.45, 2.75) is 25.9 Å². The highest BCUT2D eigenvalue weighted by atomic mass is 127. The van der Waals surface area contributed by atoms with Gasteiger partial charge >= 0.3 is 6.18 Å². The molecule has 0 saturated heterocycles. The lowest BCUT2D eigenvalue weighted by Gasteiger charge is -2.13. The maximum absolute atomic E-state index is 12.1. The number of benzene rings is 2. The molecule has 2 aromatic carbocycles. The average molecular weight is 537 g/mol. The molecule has 30 heavy (non-hydrogen) atoms. The molecule has 0 amide bonds. The van der Waals surface area contributed by atoms with Crippen molar-refractivity contribution in [2.24, 2.45) is 4.99 Å². The van der Waals surface area contributed by atoms with Crippen molar-refractivity contribution in [2.75, 3.05) is 20.4 Å². The molecule has 2 aromatic rings.